The van der Waals surface area contributed by atoms with Gasteiger partial charge < -0.3 is 10.6 Å². The second-order valence-corrected chi connectivity index (χ2v) is 5.23. The van der Waals surface area contributed by atoms with Gasteiger partial charge in [0.1, 0.15) is 11.5 Å². The number of likely N-dealkylation sites (N-methyl/N-ethyl adjacent to an activating group) is 1. The number of carbonyl (C=O) groups is 1. The molecular formula is C15H21FN6O. The van der Waals surface area contributed by atoms with Crippen LogP contribution in [0.5, 0.6) is 0 Å². The third-order valence-electron chi connectivity index (χ3n) is 3.60. The SMILES string of the molecule is CCN(C(=O)N1C=C(F)C=C(C)C(n2nccn2)=C1)[C@@H](C)CN. The molecule has 0 unspecified atom stereocenters. The Morgan fingerprint density at radius 1 is 1.39 bits per heavy atom. The Morgan fingerprint density at radius 2 is 2.04 bits per heavy atom. The quantitative estimate of drug-likeness (QED) is 0.919. The zero-order valence-electron chi connectivity index (χ0n) is 13.5. The Bertz CT molecular complexity index is 649. The van der Waals surface area contributed by atoms with E-state index in [9.17, 15) is 9.18 Å². The molecule has 2 amide bonds. The predicted molar refractivity (Wildman–Crippen MR) is 85.4 cm³/mol. The number of rotatable bonds is 4. The van der Waals surface area contributed by atoms with E-state index in [1.807, 2.05) is 13.8 Å². The minimum absolute atomic E-state index is 0.152. The van der Waals surface area contributed by atoms with Crippen molar-refractivity contribution in [2.45, 2.75) is 26.8 Å². The first-order valence-electron chi connectivity index (χ1n) is 7.41. The van der Waals surface area contributed by atoms with Crippen molar-refractivity contribution in [2.24, 2.45) is 5.73 Å². The van der Waals surface area contributed by atoms with Crippen LogP contribution < -0.4 is 5.73 Å². The molecule has 8 heteroatoms. The lowest BCUT2D eigenvalue weighted by Gasteiger charge is -2.30. The van der Waals surface area contributed by atoms with E-state index >= 15 is 0 Å². The Labute approximate surface area is 134 Å². The molecule has 2 heterocycles. The van der Waals surface area contributed by atoms with Gasteiger partial charge in [-0.1, -0.05) is 0 Å². The number of hydrogen-bond acceptors (Lipinski definition) is 4. The number of carbonyl (C=O) groups excluding carboxylic acids is 1. The van der Waals surface area contributed by atoms with E-state index in [1.165, 1.54) is 34.4 Å². The van der Waals surface area contributed by atoms with Crippen LogP contribution >= 0.6 is 0 Å². The van der Waals surface area contributed by atoms with Gasteiger partial charge in [-0.2, -0.15) is 10.2 Å². The molecule has 0 aromatic carbocycles. The monoisotopic (exact) mass is 320 g/mol. The third kappa shape index (κ3) is 3.65. The molecule has 0 fully saturated rings. The molecule has 1 aromatic rings. The molecule has 0 aliphatic carbocycles. The first-order chi connectivity index (χ1) is 11.0. The number of nitrogens with two attached hydrogens (primary N) is 1. The average molecular weight is 320 g/mol. The van der Waals surface area contributed by atoms with Crippen molar-refractivity contribution in [3.63, 3.8) is 0 Å². The van der Waals surface area contributed by atoms with E-state index in [0.717, 1.165) is 6.20 Å². The van der Waals surface area contributed by atoms with E-state index < -0.39 is 5.83 Å². The van der Waals surface area contributed by atoms with Crippen LogP contribution in [0.15, 0.2) is 42.3 Å². The van der Waals surface area contributed by atoms with E-state index in [-0.39, 0.29) is 12.1 Å². The van der Waals surface area contributed by atoms with Gasteiger partial charge in [-0.15, -0.1) is 4.80 Å². The lowest BCUT2D eigenvalue weighted by Crippen LogP contribution is -2.46. The van der Waals surface area contributed by atoms with E-state index in [2.05, 4.69) is 10.2 Å². The second-order valence-electron chi connectivity index (χ2n) is 5.23. The molecule has 0 radical (unpaired) electrons. The first kappa shape index (κ1) is 16.9. The summed E-state index contributed by atoms with van der Waals surface area (Å²) in [6.07, 6.45) is 7.04. The summed E-state index contributed by atoms with van der Waals surface area (Å²) in [5, 5.41) is 8.09. The smallest absolute Gasteiger partial charge is 0.328 e. The van der Waals surface area contributed by atoms with Crippen LogP contribution in [0.2, 0.25) is 0 Å². The van der Waals surface area contributed by atoms with Crippen molar-refractivity contribution in [1.29, 1.82) is 0 Å². The van der Waals surface area contributed by atoms with E-state index in [4.69, 9.17) is 5.73 Å². The maximum Gasteiger partial charge on any atom is 0.328 e. The van der Waals surface area contributed by atoms with Crippen molar-refractivity contribution < 1.29 is 9.18 Å². The zero-order valence-corrected chi connectivity index (χ0v) is 13.5. The first-order valence-corrected chi connectivity index (χ1v) is 7.41. The highest BCUT2D eigenvalue weighted by Crippen LogP contribution is 2.23. The summed E-state index contributed by atoms with van der Waals surface area (Å²) in [6.45, 7) is 6.23. The minimum atomic E-state index is -0.522. The summed E-state index contributed by atoms with van der Waals surface area (Å²) in [4.78, 5) is 16.8. The molecule has 1 aliphatic heterocycles. The molecule has 124 valence electrons. The van der Waals surface area contributed by atoms with Crippen LogP contribution in [0, 0.1) is 0 Å². The predicted octanol–water partition coefficient (Wildman–Crippen LogP) is 1.94. The van der Waals surface area contributed by atoms with Crippen molar-refractivity contribution >= 4 is 11.7 Å². The largest absolute Gasteiger partial charge is 0.328 e. The van der Waals surface area contributed by atoms with Gasteiger partial charge in [0.25, 0.3) is 0 Å². The van der Waals surface area contributed by atoms with Crippen molar-refractivity contribution in [1.82, 2.24) is 24.8 Å². The molecule has 2 N–H and O–H groups in total. The fraction of sp³-hybridized carbons (Fsp3) is 0.400. The molecule has 0 saturated heterocycles. The highest BCUT2D eigenvalue weighted by Gasteiger charge is 2.24. The maximum atomic E-state index is 14.0. The number of allylic oxidation sites excluding steroid dienone is 4. The number of urea groups is 1. The highest BCUT2D eigenvalue weighted by molar-refractivity contribution is 5.80. The van der Waals surface area contributed by atoms with Gasteiger partial charge in [-0.25, -0.2) is 9.18 Å². The van der Waals surface area contributed by atoms with E-state index in [0.29, 0.717) is 24.4 Å². The molecule has 23 heavy (non-hydrogen) atoms. The summed E-state index contributed by atoms with van der Waals surface area (Å²) in [7, 11) is 0. The maximum absolute atomic E-state index is 14.0. The molecule has 0 saturated carbocycles. The van der Waals surface area contributed by atoms with Gasteiger partial charge in [-0.3, -0.25) is 4.90 Å². The molecule has 1 atom stereocenters. The third-order valence-corrected chi connectivity index (χ3v) is 3.60. The molecule has 2 rings (SSSR count). The number of hydrogen-bond donors (Lipinski definition) is 1. The van der Waals surface area contributed by atoms with Crippen LogP contribution in [0.25, 0.3) is 5.70 Å². The lowest BCUT2D eigenvalue weighted by molar-refractivity contribution is 0.166. The minimum Gasteiger partial charge on any atom is -0.328 e. The van der Waals surface area contributed by atoms with Crippen LogP contribution in [0.4, 0.5) is 9.18 Å². The van der Waals surface area contributed by atoms with Crippen LogP contribution in [0.1, 0.15) is 20.8 Å². The average Bonchev–Trinajstić information content (AvgIpc) is 3.00. The number of aromatic nitrogens is 3. The summed E-state index contributed by atoms with van der Waals surface area (Å²) in [5.41, 5.74) is 6.78. The summed E-state index contributed by atoms with van der Waals surface area (Å²) < 4.78 is 14.0. The van der Waals surface area contributed by atoms with Gasteiger partial charge in [0.05, 0.1) is 12.4 Å². The normalized spacial score (nSPS) is 16.2. The summed E-state index contributed by atoms with van der Waals surface area (Å²) in [6, 6.07) is -0.505. The Morgan fingerprint density at radius 3 is 2.61 bits per heavy atom. The molecule has 1 aromatic heterocycles. The number of halogens is 1. The van der Waals surface area contributed by atoms with Gasteiger partial charge in [-0.05, 0) is 32.4 Å². The van der Waals surface area contributed by atoms with Crippen molar-refractivity contribution in [3.8, 4) is 0 Å². The number of nitrogens with zero attached hydrogens (tertiary/aromatic N) is 5. The summed E-state index contributed by atoms with van der Waals surface area (Å²) in [5.74, 6) is -0.522. The second kappa shape index (κ2) is 7.19. The molecule has 7 nitrogen and oxygen atoms in total. The van der Waals surface area contributed by atoms with Gasteiger partial charge in [0, 0.05) is 31.5 Å². The van der Waals surface area contributed by atoms with Gasteiger partial charge >= 0.3 is 6.03 Å². The number of amides is 2. The van der Waals surface area contributed by atoms with Crippen LogP contribution in [-0.4, -0.2) is 50.0 Å². The van der Waals surface area contributed by atoms with Gasteiger partial charge in [0.15, 0.2) is 0 Å². The molecular weight excluding hydrogens is 299 g/mol. The van der Waals surface area contributed by atoms with Crippen LogP contribution in [0.3, 0.4) is 0 Å². The fourth-order valence-electron chi connectivity index (χ4n) is 2.29. The Kier molecular flexibility index (Phi) is 5.28. The standard InChI is InChI=1S/C15H21FN6O/c1-4-21(12(3)8-17)15(23)20-9-13(16)7-11(2)14(10-20)22-18-5-6-19-22/h5-7,9-10,12H,4,8,17H2,1-3H3/t12-/m0/s1. The Balaban J connectivity index is 2.40. The van der Waals surface area contributed by atoms with Crippen molar-refractivity contribution in [2.75, 3.05) is 13.1 Å². The van der Waals surface area contributed by atoms with Crippen LogP contribution in [-0.2, 0) is 0 Å². The van der Waals surface area contributed by atoms with Crippen molar-refractivity contribution in [3.05, 3.63) is 42.3 Å². The fourth-order valence-corrected chi connectivity index (χ4v) is 2.29. The molecule has 0 spiro atoms. The van der Waals surface area contributed by atoms with Gasteiger partial charge in [0.2, 0.25) is 0 Å². The zero-order chi connectivity index (χ0) is 17.0. The highest BCUT2D eigenvalue weighted by atomic mass is 19.1. The topological polar surface area (TPSA) is 80.3 Å². The Hall–Kier alpha value is -2.48. The molecule has 1 aliphatic rings. The lowest BCUT2D eigenvalue weighted by atomic mass is 10.2. The molecule has 0 bridgehead atoms. The summed E-state index contributed by atoms with van der Waals surface area (Å²) >= 11 is 0. The van der Waals surface area contributed by atoms with E-state index in [1.54, 1.807) is 11.8 Å².